The molecule has 0 aromatic heterocycles. The van der Waals surface area contributed by atoms with Crippen molar-refractivity contribution in [3.8, 4) is 5.75 Å². The summed E-state index contributed by atoms with van der Waals surface area (Å²) in [6, 6.07) is 6.84. The summed E-state index contributed by atoms with van der Waals surface area (Å²) in [5.74, 6) is 0.605. The molecule has 3 nitrogen and oxygen atoms in total. The van der Waals surface area contributed by atoms with Gasteiger partial charge in [-0.05, 0) is 23.6 Å². The third-order valence-electron chi connectivity index (χ3n) is 1.91. The Morgan fingerprint density at radius 1 is 1.33 bits per heavy atom. The predicted octanol–water partition coefficient (Wildman–Crippen LogP) is 2.13. The van der Waals surface area contributed by atoms with Crippen molar-refractivity contribution in [1.82, 2.24) is 0 Å². The normalized spacial score (nSPS) is 10.4. The summed E-state index contributed by atoms with van der Waals surface area (Å²) < 4.78 is 5.10. The number of carbonyl (C=O) groups is 1. The highest BCUT2D eigenvalue weighted by Crippen LogP contribution is 2.13. The molecule has 1 aromatic rings. The minimum Gasteiger partial charge on any atom is -0.427 e. The van der Waals surface area contributed by atoms with Crippen molar-refractivity contribution in [2.75, 3.05) is 0 Å². The summed E-state index contributed by atoms with van der Waals surface area (Å²) in [7, 11) is 0. The Balaban J connectivity index is 2.53. The Morgan fingerprint density at radius 3 is 2.40 bits per heavy atom. The minimum atomic E-state index is -0.221. The van der Waals surface area contributed by atoms with E-state index in [0.29, 0.717) is 18.1 Å². The molecule has 1 aromatic carbocycles. The average Bonchev–Trinajstić information content (AvgIpc) is 2.17. The van der Waals surface area contributed by atoms with Crippen LogP contribution in [0.1, 0.15) is 25.8 Å². The Labute approximate surface area is 89.7 Å². The summed E-state index contributed by atoms with van der Waals surface area (Å²) in [5, 5.41) is 8.82. The van der Waals surface area contributed by atoms with Crippen LogP contribution < -0.4 is 4.74 Å². The van der Waals surface area contributed by atoms with Crippen LogP contribution in [0.5, 0.6) is 5.75 Å². The van der Waals surface area contributed by atoms with E-state index in [9.17, 15) is 4.79 Å². The van der Waals surface area contributed by atoms with E-state index < -0.39 is 0 Å². The monoisotopic (exact) mass is 208 g/mol. The van der Waals surface area contributed by atoms with Gasteiger partial charge in [0, 0.05) is 6.42 Å². The number of benzene rings is 1. The highest BCUT2D eigenvalue weighted by molar-refractivity contribution is 5.72. The van der Waals surface area contributed by atoms with E-state index in [1.54, 1.807) is 24.3 Å². The first-order valence-electron chi connectivity index (χ1n) is 5.02. The van der Waals surface area contributed by atoms with E-state index >= 15 is 0 Å². The van der Waals surface area contributed by atoms with Crippen LogP contribution in [0.15, 0.2) is 24.3 Å². The van der Waals surface area contributed by atoms with Gasteiger partial charge in [0.05, 0.1) is 6.61 Å². The van der Waals surface area contributed by atoms with Crippen LogP contribution in [0.4, 0.5) is 0 Å². The minimum absolute atomic E-state index is 0.000219. The van der Waals surface area contributed by atoms with Crippen molar-refractivity contribution in [2.24, 2.45) is 5.92 Å². The highest BCUT2D eigenvalue weighted by atomic mass is 16.5. The second-order valence-corrected chi connectivity index (χ2v) is 3.87. The lowest BCUT2D eigenvalue weighted by atomic mass is 10.1. The number of carbonyl (C=O) groups excluding carboxylic acids is 1. The molecular formula is C12H16O3. The number of aliphatic hydroxyl groups excluding tert-OH is 1. The van der Waals surface area contributed by atoms with Crippen LogP contribution in [0, 0.1) is 5.92 Å². The first-order valence-corrected chi connectivity index (χ1v) is 5.02. The fourth-order valence-electron chi connectivity index (χ4n) is 1.17. The second kappa shape index (κ2) is 5.51. The molecule has 1 N–H and O–H groups in total. The quantitative estimate of drug-likeness (QED) is 0.609. The molecule has 0 spiro atoms. The van der Waals surface area contributed by atoms with Gasteiger partial charge in [0.2, 0.25) is 0 Å². The van der Waals surface area contributed by atoms with E-state index in [-0.39, 0.29) is 12.6 Å². The van der Waals surface area contributed by atoms with Gasteiger partial charge in [-0.1, -0.05) is 26.0 Å². The van der Waals surface area contributed by atoms with Crippen LogP contribution in [0.25, 0.3) is 0 Å². The fraction of sp³-hybridized carbons (Fsp3) is 0.417. The van der Waals surface area contributed by atoms with E-state index in [1.165, 1.54) is 0 Å². The molecule has 3 heteroatoms. The number of hydrogen-bond acceptors (Lipinski definition) is 3. The second-order valence-electron chi connectivity index (χ2n) is 3.87. The lowest BCUT2D eigenvalue weighted by Crippen LogP contribution is -2.10. The summed E-state index contributed by atoms with van der Waals surface area (Å²) in [6.07, 6.45) is 0.418. The molecule has 0 heterocycles. The van der Waals surface area contributed by atoms with E-state index in [4.69, 9.17) is 9.84 Å². The maximum Gasteiger partial charge on any atom is 0.311 e. The van der Waals surface area contributed by atoms with Gasteiger partial charge in [0.15, 0.2) is 0 Å². The van der Waals surface area contributed by atoms with Crippen molar-refractivity contribution >= 4 is 5.97 Å². The molecule has 0 aliphatic carbocycles. The van der Waals surface area contributed by atoms with Crippen LogP contribution in [-0.4, -0.2) is 11.1 Å². The maximum absolute atomic E-state index is 11.3. The maximum atomic E-state index is 11.3. The van der Waals surface area contributed by atoms with Gasteiger partial charge in [0.1, 0.15) is 5.75 Å². The molecule has 0 unspecified atom stereocenters. The van der Waals surface area contributed by atoms with Crippen molar-refractivity contribution in [1.29, 1.82) is 0 Å². The molecular weight excluding hydrogens is 192 g/mol. The van der Waals surface area contributed by atoms with Crippen LogP contribution >= 0.6 is 0 Å². The molecule has 15 heavy (non-hydrogen) atoms. The standard InChI is InChI=1S/C12H16O3/c1-9(2)7-12(14)15-11-5-3-10(8-13)4-6-11/h3-6,9,13H,7-8H2,1-2H3. The molecule has 0 amide bonds. The lowest BCUT2D eigenvalue weighted by Gasteiger charge is -2.06. The molecule has 1 rings (SSSR count). The molecule has 0 saturated heterocycles. The van der Waals surface area contributed by atoms with E-state index in [2.05, 4.69) is 0 Å². The van der Waals surface area contributed by atoms with Gasteiger partial charge in [-0.3, -0.25) is 4.79 Å². The molecule has 0 aliphatic rings. The molecule has 0 saturated carbocycles. The van der Waals surface area contributed by atoms with Crippen molar-refractivity contribution in [3.05, 3.63) is 29.8 Å². The smallest absolute Gasteiger partial charge is 0.311 e. The SMILES string of the molecule is CC(C)CC(=O)Oc1ccc(CO)cc1. The van der Waals surface area contributed by atoms with Crippen molar-refractivity contribution < 1.29 is 14.6 Å². The first-order chi connectivity index (χ1) is 7.11. The molecule has 82 valence electrons. The molecule has 0 atom stereocenters. The third-order valence-corrected chi connectivity index (χ3v) is 1.91. The van der Waals surface area contributed by atoms with Crippen molar-refractivity contribution in [2.45, 2.75) is 26.9 Å². The lowest BCUT2D eigenvalue weighted by molar-refractivity contribution is -0.135. The van der Waals surface area contributed by atoms with Crippen LogP contribution in [-0.2, 0) is 11.4 Å². The van der Waals surface area contributed by atoms with Gasteiger partial charge in [-0.25, -0.2) is 0 Å². The zero-order valence-corrected chi connectivity index (χ0v) is 9.06. The Bertz CT molecular complexity index is 314. The van der Waals surface area contributed by atoms with E-state index in [0.717, 1.165) is 5.56 Å². The van der Waals surface area contributed by atoms with Gasteiger partial charge >= 0.3 is 5.97 Å². The Hall–Kier alpha value is -1.35. The van der Waals surface area contributed by atoms with Gasteiger partial charge < -0.3 is 9.84 Å². The average molecular weight is 208 g/mol. The molecule has 0 aliphatic heterocycles. The number of rotatable bonds is 4. The molecule has 0 bridgehead atoms. The summed E-state index contributed by atoms with van der Waals surface area (Å²) >= 11 is 0. The largest absolute Gasteiger partial charge is 0.427 e. The summed E-state index contributed by atoms with van der Waals surface area (Å²) in [4.78, 5) is 11.3. The predicted molar refractivity (Wildman–Crippen MR) is 57.5 cm³/mol. The topological polar surface area (TPSA) is 46.5 Å². The number of esters is 1. The summed E-state index contributed by atoms with van der Waals surface area (Å²) in [6.45, 7) is 3.94. The molecule has 0 fully saturated rings. The Kier molecular flexibility index (Phi) is 4.31. The van der Waals surface area contributed by atoms with Gasteiger partial charge in [-0.2, -0.15) is 0 Å². The third kappa shape index (κ3) is 4.13. The fourth-order valence-corrected chi connectivity index (χ4v) is 1.17. The first kappa shape index (κ1) is 11.7. The Morgan fingerprint density at radius 2 is 1.93 bits per heavy atom. The summed E-state index contributed by atoms with van der Waals surface area (Å²) in [5.41, 5.74) is 0.804. The zero-order chi connectivity index (χ0) is 11.3. The van der Waals surface area contributed by atoms with Crippen molar-refractivity contribution in [3.63, 3.8) is 0 Å². The van der Waals surface area contributed by atoms with E-state index in [1.807, 2.05) is 13.8 Å². The zero-order valence-electron chi connectivity index (χ0n) is 9.06. The number of hydrogen-bond donors (Lipinski definition) is 1. The van der Waals surface area contributed by atoms with Gasteiger partial charge in [0.25, 0.3) is 0 Å². The molecule has 0 radical (unpaired) electrons. The van der Waals surface area contributed by atoms with Gasteiger partial charge in [-0.15, -0.1) is 0 Å². The highest BCUT2D eigenvalue weighted by Gasteiger charge is 2.07. The van der Waals surface area contributed by atoms with Crippen LogP contribution in [0.2, 0.25) is 0 Å². The number of aliphatic hydroxyl groups is 1. The van der Waals surface area contributed by atoms with Crippen LogP contribution in [0.3, 0.4) is 0 Å². The number of ether oxygens (including phenoxy) is 1.